The van der Waals surface area contributed by atoms with Crippen LogP contribution in [0.15, 0.2) is 57.3 Å². The lowest BCUT2D eigenvalue weighted by molar-refractivity contribution is 0.0320. The molecule has 2 aliphatic heterocycles. The van der Waals surface area contributed by atoms with Crippen molar-refractivity contribution in [2.45, 2.75) is 6.54 Å². The number of hydrogen-bond acceptors (Lipinski definition) is 9. The summed E-state index contributed by atoms with van der Waals surface area (Å²) in [4.78, 5) is 9.19. The molecule has 0 atom stereocenters. The van der Waals surface area contributed by atoms with E-state index in [1.165, 1.54) is 0 Å². The van der Waals surface area contributed by atoms with E-state index < -0.39 is 0 Å². The van der Waals surface area contributed by atoms with Gasteiger partial charge in [0.2, 0.25) is 5.88 Å². The summed E-state index contributed by atoms with van der Waals surface area (Å²) in [5.41, 5.74) is 2.97. The van der Waals surface area contributed by atoms with Crippen LogP contribution in [0.3, 0.4) is 0 Å². The summed E-state index contributed by atoms with van der Waals surface area (Å²) in [6.45, 7) is 8.41. The molecule has 3 aromatic rings. The number of ether oxygens (including phenoxy) is 3. The number of pyridine rings is 1. The summed E-state index contributed by atoms with van der Waals surface area (Å²) in [6.07, 6.45) is 1.69. The normalized spacial score (nSPS) is 17.8. The molecule has 2 saturated heterocycles. The molecule has 2 aliphatic rings. The number of anilines is 1. The van der Waals surface area contributed by atoms with E-state index >= 15 is 0 Å². The number of benzene rings is 1. The predicted molar refractivity (Wildman–Crippen MR) is 124 cm³/mol. The molecule has 2 aromatic heterocycles. The highest BCUT2D eigenvalue weighted by molar-refractivity contribution is 5.77. The molecule has 33 heavy (non-hydrogen) atoms. The smallest absolute Gasteiger partial charge is 0.217 e. The molecule has 0 aliphatic carbocycles. The van der Waals surface area contributed by atoms with Gasteiger partial charge in [-0.3, -0.25) is 4.90 Å². The van der Waals surface area contributed by atoms with Gasteiger partial charge in [-0.1, -0.05) is 6.07 Å². The third-order valence-corrected chi connectivity index (χ3v) is 5.85. The molecule has 4 heterocycles. The van der Waals surface area contributed by atoms with Gasteiger partial charge in [0.15, 0.2) is 5.82 Å². The molecule has 9 nitrogen and oxygen atoms in total. The summed E-state index contributed by atoms with van der Waals surface area (Å²) in [7, 11) is 0. The van der Waals surface area contributed by atoms with Gasteiger partial charge < -0.3 is 23.5 Å². The van der Waals surface area contributed by atoms with Crippen molar-refractivity contribution >= 4 is 22.5 Å². The second kappa shape index (κ2) is 10.7. The van der Waals surface area contributed by atoms with Crippen LogP contribution in [0.2, 0.25) is 0 Å². The molecule has 174 valence electrons. The van der Waals surface area contributed by atoms with Gasteiger partial charge in [-0.15, -0.1) is 5.11 Å². The molecule has 0 saturated carbocycles. The van der Waals surface area contributed by atoms with E-state index in [2.05, 4.69) is 31.1 Å². The maximum absolute atomic E-state index is 6.02. The van der Waals surface area contributed by atoms with E-state index in [4.69, 9.17) is 18.6 Å². The summed E-state index contributed by atoms with van der Waals surface area (Å²) in [5.74, 6) is 1.12. The van der Waals surface area contributed by atoms with Crippen LogP contribution < -0.4 is 9.64 Å². The van der Waals surface area contributed by atoms with E-state index in [9.17, 15) is 0 Å². The topological polar surface area (TPSA) is 84.9 Å². The lowest BCUT2D eigenvalue weighted by Gasteiger charge is -2.29. The van der Waals surface area contributed by atoms with Crippen LogP contribution >= 0.6 is 0 Å². The summed E-state index contributed by atoms with van der Waals surface area (Å²) < 4.78 is 22.3. The van der Waals surface area contributed by atoms with Crippen molar-refractivity contribution < 1.29 is 18.6 Å². The molecule has 0 radical (unpaired) electrons. The zero-order valence-corrected chi connectivity index (χ0v) is 18.7. The van der Waals surface area contributed by atoms with Crippen LogP contribution in [0.4, 0.5) is 11.5 Å². The van der Waals surface area contributed by atoms with E-state index in [1.54, 1.807) is 6.26 Å². The van der Waals surface area contributed by atoms with Crippen molar-refractivity contribution in [1.29, 1.82) is 0 Å². The van der Waals surface area contributed by atoms with E-state index in [-0.39, 0.29) is 0 Å². The largest absolute Gasteiger partial charge is 0.476 e. The Labute approximate surface area is 192 Å². The number of hydrogen-bond donors (Lipinski definition) is 0. The molecule has 0 N–H and O–H groups in total. The number of aromatic nitrogens is 1. The van der Waals surface area contributed by atoms with Crippen LogP contribution in [-0.4, -0.2) is 75.6 Å². The van der Waals surface area contributed by atoms with Crippen LogP contribution in [0.25, 0.3) is 11.0 Å². The highest BCUT2D eigenvalue weighted by Gasteiger charge is 2.15. The SMILES string of the molecule is c1cc2cc(CN=Nc3cc(N4CCOCC4)cc(OCCN4CCOCC4)n3)ccc2o1. The average Bonchev–Trinajstić information content (AvgIpc) is 3.33. The standard InChI is InChI=1S/C24H29N5O4/c1-2-22-20(3-9-32-22)15-19(1)18-25-27-23-16-21(29-7-12-31-13-8-29)17-24(26-23)33-14-6-28-4-10-30-11-5-28/h1-3,9,15-17H,4-8,10-14,18H2. The summed E-state index contributed by atoms with van der Waals surface area (Å²) in [6, 6.07) is 11.9. The van der Waals surface area contributed by atoms with Gasteiger partial charge in [0, 0.05) is 55.9 Å². The fourth-order valence-corrected chi connectivity index (χ4v) is 4.02. The number of furan rings is 1. The minimum atomic E-state index is 0.470. The second-order valence-electron chi connectivity index (χ2n) is 8.12. The highest BCUT2D eigenvalue weighted by atomic mass is 16.5. The quantitative estimate of drug-likeness (QED) is 0.483. The van der Waals surface area contributed by atoms with E-state index in [1.807, 2.05) is 30.3 Å². The Balaban J connectivity index is 1.27. The Morgan fingerprint density at radius 2 is 1.76 bits per heavy atom. The average molecular weight is 452 g/mol. The minimum absolute atomic E-state index is 0.470. The van der Waals surface area contributed by atoms with Crippen LogP contribution in [0, 0.1) is 0 Å². The molecule has 0 unspecified atom stereocenters. The lowest BCUT2D eigenvalue weighted by atomic mass is 10.2. The van der Waals surface area contributed by atoms with Gasteiger partial charge in [-0.05, 0) is 23.8 Å². The molecular formula is C24H29N5O4. The molecule has 0 amide bonds. The fourth-order valence-electron chi connectivity index (χ4n) is 4.02. The monoisotopic (exact) mass is 451 g/mol. The Hall–Kier alpha value is -3.01. The van der Waals surface area contributed by atoms with Crippen molar-refractivity contribution in [3.63, 3.8) is 0 Å². The summed E-state index contributed by atoms with van der Waals surface area (Å²) >= 11 is 0. The van der Waals surface area contributed by atoms with Crippen molar-refractivity contribution in [2.75, 3.05) is 70.7 Å². The van der Waals surface area contributed by atoms with Crippen molar-refractivity contribution in [3.8, 4) is 5.88 Å². The van der Waals surface area contributed by atoms with E-state index in [0.717, 1.165) is 68.2 Å². The third-order valence-electron chi connectivity index (χ3n) is 5.85. The van der Waals surface area contributed by atoms with Crippen molar-refractivity contribution in [1.82, 2.24) is 9.88 Å². The van der Waals surface area contributed by atoms with Gasteiger partial charge in [-0.25, -0.2) is 0 Å². The molecule has 2 fully saturated rings. The van der Waals surface area contributed by atoms with Gasteiger partial charge >= 0.3 is 0 Å². The molecule has 9 heteroatoms. The number of azo groups is 1. The van der Waals surface area contributed by atoms with Crippen LogP contribution in [-0.2, 0) is 16.0 Å². The maximum atomic E-state index is 6.02. The van der Waals surface area contributed by atoms with Gasteiger partial charge in [-0.2, -0.15) is 10.1 Å². The molecular weight excluding hydrogens is 422 g/mol. The Bertz CT molecular complexity index is 1070. The number of rotatable bonds is 8. The second-order valence-corrected chi connectivity index (χ2v) is 8.12. The predicted octanol–water partition coefficient (Wildman–Crippen LogP) is 3.66. The van der Waals surface area contributed by atoms with Crippen molar-refractivity contribution in [2.24, 2.45) is 10.2 Å². The molecule has 5 rings (SSSR count). The molecule has 0 bridgehead atoms. The number of fused-ring (bicyclic) bond motifs is 1. The molecule has 0 spiro atoms. The highest BCUT2D eigenvalue weighted by Crippen LogP contribution is 2.27. The van der Waals surface area contributed by atoms with Crippen molar-refractivity contribution in [3.05, 3.63) is 48.2 Å². The van der Waals surface area contributed by atoms with E-state index in [0.29, 0.717) is 38.1 Å². The minimum Gasteiger partial charge on any atom is -0.476 e. The zero-order valence-electron chi connectivity index (χ0n) is 18.7. The lowest BCUT2D eigenvalue weighted by Crippen LogP contribution is -2.38. The first-order chi connectivity index (χ1) is 16.3. The zero-order chi connectivity index (χ0) is 22.3. The molecule has 1 aromatic carbocycles. The Kier molecular flexibility index (Phi) is 7.10. The number of nitrogens with zero attached hydrogens (tertiary/aromatic N) is 5. The number of morpholine rings is 2. The fraction of sp³-hybridized carbons (Fsp3) is 0.458. The van der Waals surface area contributed by atoms with Crippen LogP contribution in [0.5, 0.6) is 5.88 Å². The first-order valence-electron chi connectivity index (χ1n) is 11.4. The third kappa shape index (κ3) is 5.87. The maximum Gasteiger partial charge on any atom is 0.217 e. The Morgan fingerprint density at radius 3 is 2.61 bits per heavy atom. The first kappa shape index (κ1) is 21.8. The Morgan fingerprint density at radius 1 is 0.939 bits per heavy atom. The van der Waals surface area contributed by atoms with Crippen LogP contribution in [0.1, 0.15) is 5.56 Å². The first-order valence-corrected chi connectivity index (χ1v) is 11.4. The summed E-state index contributed by atoms with van der Waals surface area (Å²) in [5, 5.41) is 9.87. The van der Waals surface area contributed by atoms with Gasteiger partial charge in [0.05, 0.1) is 39.2 Å². The van der Waals surface area contributed by atoms with Gasteiger partial charge in [0.25, 0.3) is 0 Å². The van der Waals surface area contributed by atoms with Gasteiger partial charge in [0.1, 0.15) is 12.2 Å².